The van der Waals surface area contributed by atoms with Crippen LogP contribution in [0.25, 0.3) is 0 Å². The SMILES string of the molecule is CCCC1CCC(c2ccc(C(=O)c3cc([N+](=O)[O-])cc([N+](=O)[O-])c3)cc2)CC1. The van der Waals surface area contributed by atoms with Crippen LogP contribution in [0.1, 0.15) is 72.9 Å². The molecule has 3 rings (SSSR count). The Labute approximate surface area is 169 Å². The first-order chi connectivity index (χ1) is 13.9. The molecule has 1 aliphatic rings. The van der Waals surface area contributed by atoms with Gasteiger partial charge in [-0.2, -0.15) is 0 Å². The molecule has 0 aliphatic heterocycles. The van der Waals surface area contributed by atoms with Gasteiger partial charge in [-0.3, -0.25) is 25.0 Å². The van der Waals surface area contributed by atoms with E-state index in [1.807, 2.05) is 12.1 Å². The smallest absolute Gasteiger partial charge is 0.277 e. The van der Waals surface area contributed by atoms with Crippen LogP contribution in [0.15, 0.2) is 42.5 Å². The van der Waals surface area contributed by atoms with E-state index in [9.17, 15) is 25.0 Å². The largest absolute Gasteiger partial charge is 0.289 e. The van der Waals surface area contributed by atoms with Crippen molar-refractivity contribution in [1.29, 1.82) is 0 Å². The Bertz CT molecular complexity index is 883. The molecule has 1 aliphatic carbocycles. The van der Waals surface area contributed by atoms with Gasteiger partial charge in [0.05, 0.1) is 15.9 Å². The average molecular weight is 396 g/mol. The number of nitro groups is 2. The van der Waals surface area contributed by atoms with E-state index in [0.717, 1.165) is 37.0 Å². The van der Waals surface area contributed by atoms with E-state index < -0.39 is 27.0 Å². The van der Waals surface area contributed by atoms with Crippen LogP contribution in [0.2, 0.25) is 0 Å². The van der Waals surface area contributed by atoms with Crippen molar-refractivity contribution in [2.75, 3.05) is 0 Å². The third-order valence-electron chi connectivity index (χ3n) is 5.77. The second kappa shape index (κ2) is 8.94. The first-order valence-electron chi connectivity index (χ1n) is 9.97. The van der Waals surface area contributed by atoms with E-state index >= 15 is 0 Å². The Hall–Kier alpha value is -3.09. The summed E-state index contributed by atoms with van der Waals surface area (Å²) in [5, 5.41) is 22.1. The van der Waals surface area contributed by atoms with Crippen LogP contribution in [0, 0.1) is 26.1 Å². The monoisotopic (exact) mass is 396 g/mol. The molecular weight excluding hydrogens is 372 g/mol. The van der Waals surface area contributed by atoms with Crippen LogP contribution >= 0.6 is 0 Å². The minimum absolute atomic E-state index is 0.0567. The molecule has 2 aromatic carbocycles. The van der Waals surface area contributed by atoms with Crippen molar-refractivity contribution in [3.8, 4) is 0 Å². The topological polar surface area (TPSA) is 103 Å². The van der Waals surface area contributed by atoms with E-state index in [2.05, 4.69) is 6.92 Å². The molecule has 152 valence electrons. The minimum Gasteiger partial charge on any atom is -0.289 e. The number of benzene rings is 2. The van der Waals surface area contributed by atoms with Gasteiger partial charge in [-0.05, 0) is 43.1 Å². The fourth-order valence-corrected chi connectivity index (χ4v) is 4.20. The summed E-state index contributed by atoms with van der Waals surface area (Å²) in [6.45, 7) is 2.22. The Morgan fingerprint density at radius 2 is 1.45 bits per heavy atom. The van der Waals surface area contributed by atoms with Gasteiger partial charge in [0.1, 0.15) is 0 Å². The molecule has 7 nitrogen and oxygen atoms in total. The summed E-state index contributed by atoms with van der Waals surface area (Å²) in [5.41, 5.74) is 0.564. The van der Waals surface area contributed by atoms with Crippen molar-refractivity contribution >= 4 is 17.2 Å². The van der Waals surface area contributed by atoms with E-state index in [1.54, 1.807) is 12.1 Å². The van der Waals surface area contributed by atoms with Crippen LogP contribution in [0.4, 0.5) is 11.4 Å². The highest BCUT2D eigenvalue weighted by Crippen LogP contribution is 2.37. The predicted octanol–water partition coefficient (Wildman–Crippen LogP) is 5.81. The summed E-state index contributed by atoms with van der Waals surface area (Å²) in [7, 11) is 0. The maximum Gasteiger partial charge on any atom is 0.277 e. The molecule has 7 heteroatoms. The van der Waals surface area contributed by atoms with E-state index in [4.69, 9.17) is 0 Å². The lowest BCUT2D eigenvalue weighted by Crippen LogP contribution is -2.13. The zero-order valence-corrected chi connectivity index (χ0v) is 16.4. The lowest BCUT2D eigenvalue weighted by molar-refractivity contribution is -0.394. The van der Waals surface area contributed by atoms with Gasteiger partial charge in [-0.1, -0.05) is 44.0 Å². The number of hydrogen-bond acceptors (Lipinski definition) is 5. The van der Waals surface area contributed by atoms with Crippen molar-refractivity contribution in [3.63, 3.8) is 0 Å². The normalized spacial score (nSPS) is 18.9. The van der Waals surface area contributed by atoms with Gasteiger partial charge < -0.3 is 0 Å². The molecule has 0 amide bonds. The molecule has 1 saturated carbocycles. The van der Waals surface area contributed by atoms with Crippen LogP contribution in [-0.2, 0) is 0 Å². The highest BCUT2D eigenvalue weighted by atomic mass is 16.6. The Morgan fingerprint density at radius 1 is 0.897 bits per heavy atom. The van der Waals surface area contributed by atoms with Crippen LogP contribution in [0.3, 0.4) is 0 Å². The molecule has 0 spiro atoms. The van der Waals surface area contributed by atoms with Gasteiger partial charge in [-0.25, -0.2) is 0 Å². The fourth-order valence-electron chi connectivity index (χ4n) is 4.20. The third kappa shape index (κ3) is 4.85. The predicted molar refractivity (Wildman–Crippen MR) is 109 cm³/mol. The summed E-state index contributed by atoms with van der Waals surface area (Å²) in [5.74, 6) is 0.850. The van der Waals surface area contributed by atoms with Gasteiger partial charge >= 0.3 is 0 Å². The van der Waals surface area contributed by atoms with E-state index in [0.29, 0.717) is 11.5 Å². The third-order valence-corrected chi connectivity index (χ3v) is 5.77. The molecule has 0 radical (unpaired) electrons. The molecule has 0 atom stereocenters. The molecular formula is C22H24N2O5. The number of carbonyl (C=O) groups is 1. The molecule has 2 aromatic rings. The number of ketones is 1. The van der Waals surface area contributed by atoms with Crippen LogP contribution in [0.5, 0.6) is 0 Å². The number of hydrogen-bond donors (Lipinski definition) is 0. The van der Waals surface area contributed by atoms with Gasteiger partial charge in [-0.15, -0.1) is 0 Å². The fraction of sp³-hybridized carbons (Fsp3) is 0.409. The van der Waals surface area contributed by atoms with Crippen molar-refractivity contribution in [3.05, 3.63) is 79.4 Å². The average Bonchev–Trinajstić information content (AvgIpc) is 2.73. The lowest BCUT2D eigenvalue weighted by atomic mass is 9.77. The quantitative estimate of drug-likeness (QED) is 0.334. The zero-order valence-electron chi connectivity index (χ0n) is 16.4. The maximum absolute atomic E-state index is 12.8. The zero-order chi connectivity index (χ0) is 21.0. The lowest BCUT2D eigenvalue weighted by Gasteiger charge is -2.28. The highest BCUT2D eigenvalue weighted by Gasteiger charge is 2.23. The van der Waals surface area contributed by atoms with E-state index in [1.165, 1.54) is 31.2 Å². The van der Waals surface area contributed by atoms with Crippen LogP contribution < -0.4 is 0 Å². The van der Waals surface area contributed by atoms with Gasteiger partial charge in [0, 0.05) is 23.3 Å². The van der Waals surface area contributed by atoms with Crippen molar-refractivity contribution in [1.82, 2.24) is 0 Å². The summed E-state index contributed by atoms with van der Waals surface area (Å²) in [4.78, 5) is 33.4. The molecule has 1 fully saturated rings. The summed E-state index contributed by atoms with van der Waals surface area (Å²) in [6, 6.07) is 10.3. The molecule has 0 bridgehead atoms. The Morgan fingerprint density at radius 3 is 1.93 bits per heavy atom. The summed E-state index contributed by atoms with van der Waals surface area (Å²) < 4.78 is 0. The second-order valence-corrected chi connectivity index (χ2v) is 7.71. The number of nitro benzene ring substituents is 2. The number of nitrogens with zero attached hydrogens (tertiary/aromatic N) is 2. The molecule has 0 saturated heterocycles. The maximum atomic E-state index is 12.8. The summed E-state index contributed by atoms with van der Waals surface area (Å²) in [6.07, 6.45) is 7.27. The van der Waals surface area contributed by atoms with Crippen molar-refractivity contribution in [2.45, 2.75) is 51.4 Å². The van der Waals surface area contributed by atoms with Gasteiger partial charge in [0.25, 0.3) is 11.4 Å². The summed E-state index contributed by atoms with van der Waals surface area (Å²) >= 11 is 0. The van der Waals surface area contributed by atoms with Gasteiger partial charge in [0.2, 0.25) is 0 Å². The minimum atomic E-state index is -0.734. The number of rotatable bonds is 7. The first kappa shape index (κ1) is 20.6. The molecule has 0 aromatic heterocycles. The van der Waals surface area contributed by atoms with Crippen molar-refractivity contribution < 1.29 is 14.6 Å². The first-order valence-corrected chi connectivity index (χ1v) is 9.97. The van der Waals surface area contributed by atoms with Crippen LogP contribution in [-0.4, -0.2) is 15.6 Å². The second-order valence-electron chi connectivity index (χ2n) is 7.71. The molecule has 0 unspecified atom stereocenters. The van der Waals surface area contributed by atoms with Gasteiger partial charge in [0.15, 0.2) is 5.78 Å². The standard InChI is InChI=1S/C22H24N2O5/c1-2-3-15-4-6-16(7-5-15)17-8-10-18(11-9-17)22(25)19-12-20(23(26)27)14-21(13-19)24(28)29/h8-16H,2-7H2,1H3. The highest BCUT2D eigenvalue weighted by molar-refractivity contribution is 6.09. The van der Waals surface area contributed by atoms with E-state index in [-0.39, 0.29) is 5.56 Å². The molecule has 29 heavy (non-hydrogen) atoms. The van der Waals surface area contributed by atoms with Crippen molar-refractivity contribution in [2.24, 2.45) is 5.92 Å². The Balaban J connectivity index is 1.77. The number of carbonyl (C=O) groups excluding carboxylic acids is 1. The molecule has 0 N–H and O–H groups in total. The molecule has 0 heterocycles. The number of non-ortho nitro benzene ring substituents is 2. The Kier molecular flexibility index (Phi) is 6.36.